The maximum absolute atomic E-state index is 12.1. The quantitative estimate of drug-likeness (QED) is 0.894. The van der Waals surface area contributed by atoms with Crippen LogP contribution < -0.4 is 15.5 Å². The first kappa shape index (κ1) is 17.1. The second-order valence-corrected chi connectivity index (χ2v) is 6.29. The zero-order valence-electron chi connectivity index (χ0n) is 14.1. The summed E-state index contributed by atoms with van der Waals surface area (Å²) in [6.07, 6.45) is 0. The van der Waals surface area contributed by atoms with Crippen molar-refractivity contribution in [2.45, 2.75) is 20.8 Å². The van der Waals surface area contributed by atoms with E-state index < -0.39 is 0 Å². The van der Waals surface area contributed by atoms with Gasteiger partial charge in [0.15, 0.2) is 0 Å². The molecule has 0 radical (unpaired) electrons. The number of urea groups is 1. The van der Waals surface area contributed by atoms with Crippen molar-refractivity contribution in [3.05, 3.63) is 24.3 Å². The highest BCUT2D eigenvalue weighted by molar-refractivity contribution is 5.89. The summed E-state index contributed by atoms with van der Waals surface area (Å²) in [6.45, 7) is 9.36. The van der Waals surface area contributed by atoms with E-state index >= 15 is 0 Å². The third-order valence-electron chi connectivity index (χ3n) is 3.76. The third kappa shape index (κ3) is 5.16. The van der Waals surface area contributed by atoms with Gasteiger partial charge in [-0.05, 0) is 24.1 Å². The molecule has 0 unspecified atom stereocenters. The minimum Gasteiger partial charge on any atom is -0.368 e. The van der Waals surface area contributed by atoms with Gasteiger partial charge >= 0.3 is 6.03 Å². The van der Waals surface area contributed by atoms with Gasteiger partial charge in [0.1, 0.15) is 0 Å². The minimum absolute atomic E-state index is 0.0188. The lowest BCUT2D eigenvalue weighted by atomic mass is 10.2. The summed E-state index contributed by atoms with van der Waals surface area (Å²) in [7, 11) is 0. The van der Waals surface area contributed by atoms with Gasteiger partial charge in [-0.1, -0.05) is 19.9 Å². The van der Waals surface area contributed by atoms with Crippen LogP contribution in [-0.4, -0.2) is 49.6 Å². The number of nitrogens with one attached hydrogen (secondary N) is 2. The van der Waals surface area contributed by atoms with Crippen molar-refractivity contribution in [3.8, 4) is 0 Å². The van der Waals surface area contributed by atoms with Gasteiger partial charge in [-0.3, -0.25) is 4.79 Å². The molecule has 126 valence electrons. The van der Waals surface area contributed by atoms with E-state index in [1.807, 2.05) is 29.2 Å². The molecule has 6 heteroatoms. The molecule has 0 saturated carbocycles. The molecule has 1 fully saturated rings. The Kier molecular flexibility index (Phi) is 5.84. The number of rotatable bonds is 4. The Labute approximate surface area is 137 Å². The first-order valence-corrected chi connectivity index (χ1v) is 8.11. The number of anilines is 2. The lowest BCUT2D eigenvalue weighted by Crippen LogP contribution is -2.52. The molecule has 0 aliphatic carbocycles. The summed E-state index contributed by atoms with van der Waals surface area (Å²) in [5, 5.41) is 5.76. The van der Waals surface area contributed by atoms with Crippen molar-refractivity contribution >= 4 is 23.3 Å². The smallest absolute Gasteiger partial charge is 0.317 e. The van der Waals surface area contributed by atoms with Crippen LogP contribution in [0, 0.1) is 5.92 Å². The van der Waals surface area contributed by atoms with Gasteiger partial charge in [-0.25, -0.2) is 4.79 Å². The van der Waals surface area contributed by atoms with Gasteiger partial charge in [-0.15, -0.1) is 0 Å². The number of hydrogen-bond acceptors (Lipinski definition) is 3. The van der Waals surface area contributed by atoms with Crippen LogP contribution >= 0.6 is 0 Å². The number of amides is 3. The van der Waals surface area contributed by atoms with Gasteiger partial charge < -0.3 is 20.4 Å². The van der Waals surface area contributed by atoms with Crippen molar-refractivity contribution in [1.29, 1.82) is 0 Å². The molecule has 0 aromatic heterocycles. The Morgan fingerprint density at radius 2 is 1.87 bits per heavy atom. The molecule has 23 heavy (non-hydrogen) atoms. The number of piperazine rings is 1. The number of nitrogens with zero attached hydrogens (tertiary/aromatic N) is 2. The molecule has 1 heterocycles. The van der Waals surface area contributed by atoms with E-state index in [1.54, 1.807) is 0 Å². The van der Waals surface area contributed by atoms with Gasteiger partial charge in [-0.2, -0.15) is 0 Å². The average molecular weight is 318 g/mol. The van der Waals surface area contributed by atoms with Crippen LogP contribution in [0.1, 0.15) is 20.8 Å². The molecule has 6 nitrogen and oxygen atoms in total. The second-order valence-electron chi connectivity index (χ2n) is 6.29. The summed E-state index contributed by atoms with van der Waals surface area (Å²) >= 11 is 0. The highest BCUT2D eigenvalue weighted by Crippen LogP contribution is 2.21. The van der Waals surface area contributed by atoms with Crippen molar-refractivity contribution in [2.24, 2.45) is 5.92 Å². The van der Waals surface area contributed by atoms with Gasteiger partial charge in [0.05, 0.1) is 0 Å². The predicted molar refractivity (Wildman–Crippen MR) is 92.8 cm³/mol. The van der Waals surface area contributed by atoms with E-state index in [0.29, 0.717) is 25.6 Å². The fourth-order valence-corrected chi connectivity index (χ4v) is 2.55. The minimum atomic E-state index is -0.0752. The molecule has 3 amide bonds. The lowest BCUT2D eigenvalue weighted by Gasteiger charge is -2.36. The molecule has 1 aromatic carbocycles. The van der Waals surface area contributed by atoms with E-state index in [-0.39, 0.29) is 11.9 Å². The van der Waals surface area contributed by atoms with E-state index in [4.69, 9.17) is 0 Å². The largest absolute Gasteiger partial charge is 0.368 e. The summed E-state index contributed by atoms with van der Waals surface area (Å²) < 4.78 is 0. The fraction of sp³-hybridized carbons (Fsp3) is 0.529. The van der Waals surface area contributed by atoms with Gasteiger partial charge in [0.25, 0.3) is 0 Å². The van der Waals surface area contributed by atoms with E-state index in [0.717, 1.165) is 24.5 Å². The first-order valence-electron chi connectivity index (χ1n) is 8.11. The van der Waals surface area contributed by atoms with Crippen LogP contribution in [0.15, 0.2) is 24.3 Å². The highest BCUT2D eigenvalue weighted by Gasteiger charge is 2.21. The molecular weight excluding hydrogens is 292 g/mol. The maximum Gasteiger partial charge on any atom is 0.317 e. The highest BCUT2D eigenvalue weighted by atomic mass is 16.2. The number of carbonyl (C=O) groups excluding carboxylic acids is 2. The predicted octanol–water partition coefficient (Wildman–Crippen LogP) is 2.13. The summed E-state index contributed by atoms with van der Waals surface area (Å²) in [5.74, 6) is 0.380. The summed E-state index contributed by atoms with van der Waals surface area (Å²) in [6, 6.07) is 7.82. The monoisotopic (exact) mass is 318 g/mol. The summed E-state index contributed by atoms with van der Waals surface area (Å²) in [4.78, 5) is 27.3. The van der Waals surface area contributed by atoms with E-state index in [1.165, 1.54) is 6.92 Å². The van der Waals surface area contributed by atoms with Crippen molar-refractivity contribution < 1.29 is 9.59 Å². The SMILES string of the molecule is CC(=O)Nc1cccc(N2CCN(C(=O)NCC(C)C)CC2)c1. The Morgan fingerprint density at radius 3 is 2.48 bits per heavy atom. The number of carbonyl (C=O) groups is 2. The van der Waals surface area contributed by atoms with Gasteiger partial charge in [0.2, 0.25) is 5.91 Å². The standard InChI is InChI=1S/C17H26N4O2/c1-13(2)12-18-17(23)21-9-7-20(8-10-21)16-6-4-5-15(11-16)19-14(3)22/h4-6,11,13H,7-10,12H2,1-3H3,(H,18,23)(H,19,22). The Balaban J connectivity index is 1.89. The van der Waals surface area contributed by atoms with Gasteiger partial charge in [0, 0.05) is 51.0 Å². The van der Waals surface area contributed by atoms with Crippen LogP contribution in [0.2, 0.25) is 0 Å². The molecule has 0 bridgehead atoms. The fourth-order valence-electron chi connectivity index (χ4n) is 2.55. The topological polar surface area (TPSA) is 64.7 Å². The maximum atomic E-state index is 12.1. The van der Waals surface area contributed by atoms with Crippen molar-refractivity contribution in [2.75, 3.05) is 42.9 Å². The molecular formula is C17H26N4O2. The van der Waals surface area contributed by atoms with Crippen LogP contribution in [0.4, 0.5) is 16.2 Å². The summed E-state index contributed by atoms with van der Waals surface area (Å²) in [5.41, 5.74) is 1.87. The van der Waals surface area contributed by atoms with Crippen molar-refractivity contribution in [1.82, 2.24) is 10.2 Å². The third-order valence-corrected chi connectivity index (χ3v) is 3.76. The normalized spacial score (nSPS) is 14.8. The molecule has 1 aliphatic rings. The van der Waals surface area contributed by atoms with Crippen LogP contribution in [0.3, 0.4) is 0 Å². The molecule has 2 N–H and O–H groups in total. The van der Waals surface area contributed by atoms with Crippen LogP contribution in [0.25, 0.3) is 0 Å². The molecule has 1 saturated heterocycles. The number of benzene rings is 1. The molecule has 0 spiro atoms. The average Bonchev–Trinajstić information content (AvgIpc) is 2.52. The zero-order valence-corrected chi connectivity index (χ0v) is 14.1. The lowest BCUT2D eigenvalue weighted by molar-refractivity contribution is -0.114. The zero-order chi connectivity index (χ0) is 16.8. The van der Waals surface area contributed by atoms with Crippen molar-refractivity contribution in [3.63, 3.8) is 0 Å². The Morgan fingerprint density at radius 1 is 1.17 bits per heavy atom. The second kappa shape index (κ2) is 7.85. The Hall–Kier alpha value is -2.24. The number of hydrogen-bond donors (Lipinski definition) is 2. The van der Waals surface area contributed by atoms with Crippen LogP contribution in [0.5, 0.6) is 0 Å². The van der Waals surface area contributed by atoms with Crippen LogP contribution in [-0.2, 0) is 4.79 Å². The molecule has 2 rings (SSSR count). The molecule has 0 atom stereocenters. The first-order chi connectivity index (χ1) is 11.0. The Bertz CT molecular complexity index is 551. The molecule has 1 aliphatic heterocycles. The van der Waals surface area contributed by atoms with E-state index in [9.17, 15) is 9.59 Å². The molecule has 1 aromatic rings. The van der Waals surface area contributed by atoms with E-state index in [2.05, 4.69) is 29.4 Å².